The maximum Gasteiger partial charge on any atom is 0.315 e. The SMILES string of the molecule is CN1Cc2ccccc2C[C@H]1CNC(=O)NC(C)(C)Cc1cc2ccccc2s1. The van der Waals surface area contributed by atoms with Crippen molar-refractivity contribution in [3.63, 3.8) is 0 Å². The minimum atomic E-state index is -0.309. The number of hydrogen-bond acceptors (Lipinski definition) is 3. The van der Waals surface area contributed by atoms with E-state index < -0.39 is 0 Å². The number of carbonyl (C=O) groups is 1. The summed E-state index contributed by atoms with van der Waals surface area (Å²) in [5.74, 6) is 0. The molecule has 2 N–H and O–H groups in total. The fraction of sp³-hybridized carbons (Fsp3) is 0.375. The Balaban J connectivity index is 1.31. The van der Waals surface area contributed by atoms with Crippen LogP contribution in [0.2, 0.25) is 0 Å². The van der Waals surface area contributed by atoms with Gasteiger partial charge in [0, 0.05) is 40.7 Å². The number of nitrogens with zero attached hydrogens (tertiary/aromatic N) is 1. The predicted molar refractivity (Wildman–Crippen MR) is 122 cm³/mol. The zero-order valence-electron chi connectivity index (χ0n) is 17.4. The van der Waals surface area contributed by atoms with Crippen LogP contribution in [0, 0.1) is 0 Å². The predicted octanol–water partition coefficient (Wildman–Crippen LogP) is 4.58. The standard InChI is InChI=1S/C24H29N3OS/c1-24(2,14-21-13-18-9-6-7-11-22(18)29-21)26-23(28)25-15-20-12-17-8-4-5-10-19(17)16-27(20)3/h4-11,13,20H,12,14-16H2,1-3H3,(H2,25,26,28)/t20-/m0/s1. The molecule has 2 heterocycles. The van der Waals surface area contributed by atoms with Gasteiger partial charge < -0.3 is 10.6 Å². The quantitative estimate of drug-likeness (QED) is 0.650. The molecule has 0 saturated carbocycles. The molecule has 3 aromatic rings. The number of rotatable bonds is 5. The monoisotopic (exact) mass is 407 g/mol. The van der Waals surface area contributed by atoms with Crippen LogP contribution in [0.15, 0.2) is 54.6 Å². The highest BCUT2D eigenvalue weighted by molar-refractivity contribution is 7.19. The lowest BCUT2D eigenvalue weighted by Crippen LogP contribution is -2.53. The summed E-state index contributed by atoms with van der Waals surface area (Å²) in [4.78, 5) is 16.2. The van der Waals surface area contributed by atoms with Crippen LogP contribution in [-0.4, -0.2) is 36.1 Å². The molecule has 29 heavy (non-hydrogen) atoms. The first-order valence-corrected chi connectivity index (χ1v) is 11.0. The van der Waals surface area contributed by atoms with Gasteiger partial charge in [0.2, 0.25) is 0 Å². The number of hydrogen-bond donors (Lipinski definition) is 2. The van der Waals surface area contributed by atoms with E-state index in [2.05, 4.69) is 91.0 Å². The maximum atomic E-state index is 12.6. The molecule has 0 spiro atoms. The van der Waals surface area contributed by atoms with E-state index in [9.17, 15) is 4.79 Å². The molecule has 0 bridgehead atoms. The zero-order chi connectivity index (χ0) is 20.4. The maximum absolute atomic E-state index is 12.6. The van der Waals surface area contributed by atoms with E-state index >= 15 is 0 Å². The molecule has 152 valence electrons. The lowest BCUT2D eigenvalue weighted by atomic mass is 9.94. The van der Waals surface area contributed by atoms with E-state index in [0.29, 0.717) is 12.6 Å². The van der Waals surface area contributed by atoms with Gasteiger partial charge in [-0.3, -0.25) is 4.90 Å². The summed E-state index contributed by atoms with van der Waals surface area (Å²) in [5, 5.41) is 7.53. The molecule has 0 aliphatic carbocycles. The molecule has 4 nitrogen and oxygen atoms in total. The fourth-order valence-corrected chi connectivity index (χ4v) is 5.40. The molecule has 0 radical (unpaired) electrons. The van der Waals surface area contributed by atoms with Gasteiger partial charge in [0.1, 0.15) is 0 Å². The molecule has 0 unspecified atom stereocenters. The number of thiophene rings is 1. The van der Waals surface area contributed by atoms with Crippen LogP contribution in [-0.2, 0) is 19.4 Å². The highest BCUT2D eigenvalue weighted by atomic mass is 32.1. The van der Waals surface area contributed by atoms with E-state index in [0.717, 1.165) is 19.4 Å². The highest BCUT2D eigenvalue weighted by Gasteiger charge is 2.25. The van der Waals surface area contributed by atoms with Gasteiger partial charge in [0.05, 0.1) is 0 Å². The zero-order valence-corrected chi connectivity index (χ0v) is 18.2. The van der Waals surface area contributed by atoms with Crippen molar-refractivity contribution in [3.05, 3.63) is 70.6 Å². The van der Waals surface area contributed by atoms with Crippen molar-refractivity contribution in [1.29, 1.82) is 0 Å². The Labute approximate surface area is 176 Å². The summed E-state index contributed by atoms with van der Waals surface area (Å²) in [7, 11) is 2.13. The molecule has 2 aromatic carbocycles. The Bertz CT molecular complexity index is 977. The van der Waals surface area contributed by atoms with Gasteiger partial charge in [-0.2, -0.15) is 0 Å². The van der Waals surface area contributed by atoms with Gasteiger partial charge in [0.15, 0.2) is 0 Å². The van der Waals surface area contributed by atoms with Crippen molar-refractivity contribution < 1.29 is 4.79 Å². The Morgan fingerprint density at radius 2 is 1.86 bits per heavy atom. The lowest BCUT2D eigenvalue weighted by molar-refractivity contribution is 0.200. The first kappa shape index (κ1) is 19.9. The number of urea groups is 1. The van der Waals surface area contributed by atoms with Gasteiger partial charge in [-0.15, -0.1) is 11.3 Å². The second kappa shape index (κ2) is 8.17. The van der Waals surface area contributed by atoms with Gasteiger partial charge >= 0.3 is 6.03 Å². The van der Waals surface area contributed by atoms with Crippen molar-refractivity contribution in [1.82, 2.24) is 15.5 Å². The minimum absolute atomic E-state index is 0.0941. The topological polar surface area (TPSA) is 44.4 Å². The number of likely N-dealkylation sites (N-methyl/N-ethyl adjacent to an activating group) is 1. The van der Waals surface area contributed by atoms with Crippen LogP contribution in [0.3, 0.4) is 0 Å². The summed E-state index contributed by atoms with van der Waals surface area (Å²) in [6.45, 7) is 5.75. The van der Waals surface area contributed by atoms with Crippen molar-refractivity contribution in [2.75, 3.05) is 13.6 Å². The van der Waals surface area contributed by atoms with Gasteiger partial charge in [-0.25, -0.2) is 4.79 Å². The van der Waals surface area contributed by atoms with Crippen LogP contribution in [0.25, 0.3) is 10.1 Å². The lowest BCUT2D eigenvalue weighted by Gasteiger charge is -2.34. The second-order valence-corrected chi connectivity index (χ2v) is 9.86. The summed E-state index contributed by atoms with van der Waals surface area (Å²) in [6.07, 6.45) is 1.79. The van der Waals surface area contributed by atoms with Gasteiger partial charge in [-0.05, 0) is 56.0 Å². The first-order valence-electron chi connectivity index (χ1n) is 10.2. The summed E-state index contributed by atoms with van der Waals surface area (Å²) in [5.41, 5.74) is 2.47. The summed E-state index contributed by atoms with van der Waals surface area (Å²) < 4.78 is 1.29. The van der Waals surface area contributed by atoms with Crippen LogP contribution in [0.4, 0.5) is 4.79 Å². The van der Waals surface area contributed by atoms with E-state index in [-0.39, 0.29) is 11.6 Å². The normalized spacial score (nSPS) is 17.1. The third kappa shape index (κ3) is 4.80. The molecule has 1 atom stereocenters. The van der Waals surface area contributed by atoms with Crippen LogP contribution in [0.5, 0.6) is 0 Å². The fourth-order valence-electron chi connectivity index (χ4n) is 4.11. The number of fused-ring (bicyclic) bond motifs is 2. The molecule has 4 rings (SSSR count). The van der Waals surface area contributed by atoms with E-state index in [1.165, 1.54) is 26.1 Å². The molecule has 0 fully saturated rings. The van der Waals surface area contributed by atoms with Crippen LogP contribution < -0.4 is 10.6 Å². The van der Waals surface area contributed by atoms with Crippen LogP contribution in [0.1, 0.15) is 29.9 Å². The molecular weight excluding hydrogens is 378 g/mol. The third-order valence-electron chi connectivity index (χ3n) is 5.66. The molecular formula is C24H29N3OS. The smallest absolute Gasteiger partial charge is 0.315 e. The molecule has 1 aliphatic rings. The Hall–Kier alpha value is -2.37. The highest BCUT2D eigenvalue weighted by Crippen LogP contribution is 2.28. The Morgan fingerprint density at radius 1 is 1.14 bits per heavy atom. The van der Waals surface area contributed by atoms with Crippen molar-refractivity contribution in [2.24, 2.45) is 0 Å². The first-order chi connectivity index (χ1) is 13.9. The summed E-state index contributed by atoms with van der Waals surface area (Å²) in [6, 6.07) is 19.5. The Kier molecular flexibility index (Phi) is 5.61. The van der Waals surface area contributed by atoms with E-state index in [1.807, 2.05) is 0 Å². The second-order valence-electron chi connectivity index (χ2n) is 8.69. The number of carbonyl (C=O) groups excluding carboxylic acids is 1. The molecule has 1 aromatic heterocycles. The molecule has 5 heteroatoms. The molecule has 0 saturated heterocycles. The number of benzene rings is 2. The summed E-state index contributed by atoms with van der Waals surface area (Å²) >= 11 is 1.80. The largest absolute Gasteiger partial charge is 0.337 e. The van der Waals surface area contributed by atoms with Crippen molar-refractivity contribution in [2.45, 2.75) is 44.8 Å². The van der Waals surface area contributed by atoms with E-state index in [1.54, 1.807) is 11.3 Å². The average Bonchev–Trinajstić information content (AvgIpc) is 3.07. The van der Waals surface area contributed by atoms with Crippen molar-refractivity contribution >= 4 is 27.5 Å². The Morgan fingerprint density at radius 3 is 2.66 bits per heavy atom. The van der Waals surface area contributed by atoms with E-state index in [4.69, 9.17) is 0 Å². The third-order valence-corrected chi connectivity index (χ3v) is 6.78. The van der Waals surface area contributed by atoms with Gasteiger partial charge in [0.25, 0.3) is 0 Å². The minimum Gasteiger partial charge on any atom is -0.337 e. The number of amides is 2. The van der Waals surface area contributed by atoms with Crippen molar-refractivity contribution in [3.8, 4) is 0 Å². The van der Waals surface area contributed by atoms with Gasteiger partial charge in [-0.1, -0.05) is 42.5 Å². The molecule has 1 aliphatic heterocycles. The number of nitrogens with one attached hydrogen (secondary N) is 2. The molecule has 2 amide bonds. The van der Waals surface area contributed by atoms with Crippen LogP contribution >= 0.6 is 11.3 Å². The average molecular weight is 408 g/mol.